The Morgan fingerprint density at radius 2 is 2.06 bits per heavy atom. The van der Waals surface area contributed by atoms with Crippen molar-refractivity contribution in [2.24, 2.45) is 5.92 Å². The van der Waals surface area contributed by atoms with Gasteiger partial charge in [-0.25, -0.2) is 0 Å². The zero-order valence-electron chi connectivity index (χ0n) is 10.9. The summed E-state index contributed by atoms with van der Waals surface area (Å²) in [6.07, 6.45) is 3.80. The molecule has 6 heteroatoms. The van der Waals surface area contributed by atoms with Gasteiger partial charge in [0.25, 0.3) is 0 Å². The summed E-state index contributed by atoms with van der Waals surface area (Å²) < 4.78 is 4.99. The van der Waals surface area contributed by atoms with E-state index < -0.39 is 0 Å². The molecule has 1 N–H and O–H groups in total. The zero-order chi connectivity index (χ0) is 12.6. The molecular weight excluding hydrogens is 266 g/mol. The molecule has 1 aliphatic rings. The minimum Gasteiger partial charge on any atom is -0.383 e. The SMILES string of the molecule is COCCNCc1nnc(CC2CCSCC2)s1. The summed E-state index contributed by atoms with van der Waals surface area (Å²) in [5.74, 6) is 3.46. The van der Waals surface area contributed by atoms with Crippen LogP contribution in [-0.2, 0) is 17.7 Å². The molecule has 2 rings (SSSR count). The first-order chi connectivity index (χ1) is 8.88. The van der Waals surface area contributed by atoms with E-state index >= 15 is 0 Å². The van der Waals surface area contributed by atoms with Crippen LogP contribution in [0.25, 0.3) is 0 Å². The van der Waals surface area contributed by atoms with Gasteiger partial charge in [0.1, 0.15) is 10.0 Å². The van der Waals surface area contributed by atoms with Gasteiger partial charge in [-0.2, -0.15) is 11.8 Å². The van der Waals surface area contributed by atoms with Crippen molar-refractivity contribution in [3.63, 3.8) is 0 Å². The molecular formula is C12H21N3OS2. The number of ether oxygens (including phenoxy) is 1. The van der Waals surface area contributed by atoms with Gasteiger partial charge in [0.2, 0.25) is 0 Å². The fourth-order valence-corrected chi connectivity index (χ4v) is 4.14. The molecule has 4 nitrogen and oxygen atoms in total. The molecule has 0 atom stereocenters. The second-order valence-electron chi connectivity index (χ2n) is 4.52. The van der Waals surface area contributed by atoms with Crippen molar-refractivity contribution in [2.75, 3.05) is 31.8 Å². The Morgan fingerprint density at radius 3 is 2.83 bits per heavy atom. The van der Waals surface area contributed by atoms with Gasteiger partial charge >= 0.3 is 0 Å². The van der Waals surface area contributed by atoms with Crippen LogP contribution in [0.15, 0.2) is 0 Å². The Bertz CT molecular complexity index is 340. The number of thioether (sulfide) groups is 1. The van der Waals surface area contributed by atoms with Gasteiger partial charge in [-0.05, 0) is 30.3 Å². The van der Waals surface area contributed by atoms with Crippen molar-refractivity contribution in [2.45, 2.75) is 25.8 Å². The van der Waals surface area contributed by atoms with E-state index in [1.165, 1.54) is 29.4 Å². The smallest absolute Gasteiger partial charge is 0.131 e. The summed E-state index contributed by atoms with van der Waals surface area (Å²) in [5.41, 5.74) is 0. The Hall–Kier alpha value is -0.170. The highest BCUT2D eigenvalue weighted by atomic mass is 32.2. The van der Waals surface area contributed by atoms with Crippen LogP contribution in [0.4, 0.5) is 0 Å². The third-order valence-electron chi connectivity index (χ3n) is 3.07. The summed E-state index contributed by atoms with van der Waals surface area (Å²) in [6, 6.07) is 0. The highest BCUT2D eigenvalue weighted by Crippen LogP contribution is 2.26. The van der Waals surface area contributed by atoms with Crippen molar-refractivity contribution < 1.29 is 4.74 Å². The first-order valence-electron chi connectivity index (χ1n) is 6.47. The summed E-state index contributed by atoms with van der Waals surface area (Å²) in [5, 5.41) is 14.1. The van der Waals surface area contributed by atoms with Crippen molar-refractivity contribution in [1.82, 2.24) is 15.5 Å². The molecule has 1 aliphatic heterocycles. The molecule has 1 fully saturated rings. The number of rotatable bonds is 7. The van der Waals surface area contributed by atoms with E-state index in [4.69, 9.17) is 4.74 Å². The Kier molecular flexibility index (Phi) is 6.40. The van der Waals surface area contributed by atoms with Gasteiger partial charge in [0, 0.05) is 26.6 Å². The summed E-state index contributed by atoms with van der Waals surface area (Å²) >= 11 is 3.83. The Labute approximate surface area is 117 Å². The van der Waals surface area contributed by atoms with Gasteiger partial charge in [-0.3, -0.25) is 0 Å². The lowest BCUT2D eigenvalue weighted by atomic mass is 9.99. The summed E-state index contributed by atoms with van der Waals surface area (Å²) in [4.78, 5) is 0. The maximum Gasteiger partial charge on any atom is 0.131 e. The highest BCUT2D eigenvalue weighted by Gasteiger charge is 2.16. The van der Waals surface area contributed by atoms with Crippen molar-refractivity contribution >= 4 is 23.1 Å². The van der Waals surface area contributed by atoms with Gasteiger partial charge in [0.15, 0.2) is 0 Å². The average molecular weight is 287 g/mol. The Balaban J connectivity index is 1.71. The zero-order valence-corrected chi connectivity index (χ0v) is 12.5. The van der Waals surface area contributed by atoms with Crippen LogP contribution < -0.4 is 5.32 Å². The maximum atomic E-state index is 4.99. The van der Waals surface area contributed by atoms with Crippen LogP contribution >= 0.6 is 23.1 Å². The van der Waals surface area contributed by atoms with Gasteiger partial charge in [-0.1, -0.05) is 0 Å². The molecule has 0 amide bonds. The standard InChI is InChI=1S/C12H21N3OS2/c1-16-5-4-13-9-12-15-14-11(18-12)8-10-2-6-17-7-3-10/h10,13H,2-9H2,1H3. The lowest BCUT2D eigenvalue weighted by Crippen LogP contribution is -2.18. The van der Waals surface area contributed by atoms with Gasteiger partial charge < -0.3 is 10.1 Å². The summed E-state index contributed by atoms with van der Waals surface area (Å²) in [7, 11) is 1.72. The minimum atomic E-state index is 0.741. The van der Waals surface area contributed by atoms with E-state index in [-0.39, 0.29) is 0 Å². The number of aromatic nitrogens is 2. The normalized spacial score (nSPS) is 17.2. The largest absolute Gasteiger partial charge is 0.383 e. The van der Waals surface area contributed by atoms with E-state index in [9.17, 15) is 0 Å². The number of nitrogens with one attached hydrogen (secondary N) is 1. The molecule has 18 heavy (non-hydrogen) atoms. The molecule has 0 aromatic carbocycles. The molecule has 102 valence electrons. The summed E-state index contributed by atoms with van der Waals surface area (Å²) in [6.45, 7) is 2.41. The fraction of sp³-hybridized carbons (Fsp3) is 0.833. The molecule has 0 aliphatic carbocycles. The molecule has 1 aromatic heterocycles. The van der Waals surface area contributed by atoms with Crippen LogP contribution in [-0.4, -0.2) is 42.0 Å². The number of hydrogen-bond acceptors (Lipinski definition) is 6. The van der Waals surface area contributed by atoms with Crippen molar-refractivity contribution in [3.05, 3.63) is 10.0 Å². The predicted octanol–water partition coefficient (Wildman–Crippen LogP) is 1.96. The van der Waals surface area contributed by atoms with Crippen LogP contribution in [0.1, 0.15) is 22.9 Å². The molecule has 0 spiro atoms. The lowest BCUT2D eigenvalue weighted by Gasteiger charge is -2.19. The average Bonchev–Trinajstić information content (AvgIpc) is 2.84. The Morgan fingerprint density at radius 1 is 1.28 bits per heavy atom. The van der Waals surface area contributed by atoms with Gasteiger partial charge in [-0.15, -0.1) is 21.5 Å². The number of methoxy groups -OCH3 is 1. The molecule has 0 bridgehead atoms. The first kappa shape index (κ1) is 14.2. The fourth-order valence-electron chi connectivity index (χ4n) is 2.01. The third-order valence-corrected chi connectivity index (χ3v) is 5.07. The maximum absolute atomic E-state index is 4.99. The number of hydrogen-bond donors (Lipinski definition) is 1. The van der Waals surface area contributed by atoms with E-state index in [1.54, 1.807) is 18.4 Å². The van der Waals surface area contributed by atoms with E-state index in [2.05, 4.69) is 27.3 Å². The van der Waals surface area contributed by atoms with E-state index in [1.807, 2.05) is 0 Å². The predicted molar refractivity (Wildman–Crippen MR) is 77.2 cm³/mol. The van der Waals surface area contributed by atoms with E-state index in [0.29, 0.717) is 0 Å². The molecule has 0 radical (unpaired) electrons. The molecule has 0 saturated carbocycles. The second-order valence-corrected chi connectivity index (χ2v) is 6.89. The minimum absolute atomic E-state index is 0.741. The van der Waals surface area contributed by atoms with Crippen LogP contribution in [0, 0.1) is 5.92 Å². The van der Waals surface area contributed by atoms with Crippen molar-refractivity contribution in [1.29, 1.82) is 0 Å². The monoisotopic (exact) mass is 287 g/mol. The molecule has 1 saturated heterocycles. The second kappa shape index (κ2) is 8.09. The third kappa shape index (κ3) is 4.84. The highest BCUT2D eigenvalue weighted by molar-refractivity contribution is 7.99. The van der Waals surface area contributed by atoms with Crippen LogP contribution in [0.2, 0.25) is 0 Å². The molecule has 2 heterocycles. The van der Waals surface area contributed by atoms with Crippen LogP contribution in [0.5, 0.6) is 0 Å². The molecule has 0 unspecified atom stereocenters. The topological polar surface area (TPSA) is 47.0 Å². The van der Waals surface area contributed by atoms with Crippen LogP contribution in [0.3, 0.4) is 0 Å². The molecule has 1 aromatic rings. The van der Waals surface area contributed by atoms with Gasteiger partial charge in [0.05, 0.1) is 6.61 Å². The van der Waals surface area contributed by atoms with E-state index in [0.717, 1.165) is 37.0 Å². The quantitative estimate of drug-likeness (QED) is 0.777. The first-order valence-corrected chi connectivity index (χ1v) is 8.44. The lowest BCUT2D eigenvalue weighted by molar-refractivity contribution is 0.199. The van der Waals surface area contributed by atoms with Crippen molar-refractivity contribution in [3.8, 4) is 0 Å². The number of nitrogens with zero attached hydrogens (tertiary/aromatic N) is 2.